The first-order valence-corrected chi connectivity index (χ1v) is 4.17. The molecular weight excluding hydrogens is 170 g/mol. The van der Waals surface area contributed by atoms with E-state index < -0.39 is 4.92 Å². The summed E-state index contributed by atoms with van der Waals surface area (Å²) in [5, 5.41) is 10.5. The smallest absolute Gasteiger partial charge is 0.342 e. The van der Waals surface area contributed by atoms with Crippen LogP contribution >= 0.6 is 0 Å². The fourth-order valence-corrected chi connectivity index (χ4v) is 1.16. The molecule has 0 spiro atoms. The molecule has 0 saturated carbocycles. The van der Waals surface area contributed by atoms with Crippen molar-refractivity contribution >= 4 is 5.82 Å². The standard InChI is InChI=1S/C8H13N3O2/c1-6(2)4-7-9-5-8(10(7)3)11(12)13/h5-6H,4H2,1-3H3. The summed E-state index contributed by atoms with van der Waals surface area (Å²) < 4.78 is 1.53. The van der Waals surface area contributed by atoms with Gasteiger partial charge in [0.2, 0.25) is 0 Å². The van der Waals surface area contributed by atoms with Crippen LogP contribution in [0, 0.1) is 16.0 Å². The van der Waals surface area contributed by atoms with Gasteiger partial charge in [0.25, 0.3) is 0 Å². The van der Waals surface area contributed by atoms with Gasteiger partial charge in [-0.05, 0) is 10.8 Å². The van der Waals surface area contributed by atoms with E-state index in [0.29, 0.717) is 5.92 Å². The molecule has 0 aromatic carbocycles. The maximum absolute atomic E-state index is 10.5. The van der Waals surface area contributed by atoms with Gasteiger partial charge in [-0.15, -0.1) is 0 Å². The van der Waals surface area contributed by atoms with Crippen LogP contribution in [0.3, 0.4) is 0 Å². The quantitative estimate of drug-likeness (QED) is 0.527. The van der Waals surface area contributed by atoms with Gasteiger partial charge in [-0.1, -0.05) is 13.8 Å². The predicted octanol–water partition coefficient (Wildman–Crippen LogP) is 1.53. The van der Waals surface area contributed by atoms with Crippen LogP contribution in [0.4, 0.5) is 5.82 Å². The molecule has 0 radical (unpaired) electrons. The van der Waals surface area contributed by atoms with E-state index in [9.17, 15) is 10.1 Å². The normalized spacial score (nSPS) is 10.8. The predicted molar refractivity (Wildman–Crippen MR) is 48.4 cm³/mol. The molecule has 0 unspecified atom stereocenters. The number of hydrogen-bond acceptors (Lipinski definition) is 3. The topological polar surface area (TPSA) is 61.0 Å². The van der Waals surface area contributed by atoms with Gasteiger partial charge < -0.3 is 10.1 Å². The van der Waals surface area contributed by atoms with Crippen LogP contribution in [-0.4, -0.2) is 14.5 Å². The number of nitrogens with zero attached hydrogens (tertiary/aromatic N) is 3. The Morgan fingerprint density at radius 2 is 2.31 bits per heavy atom. The first-order valence-electron chi connectivity index (χ1n) is 4.17. The third-order valence-electron chi connectivity index (χ3n) is 1.84. The lowest BCUT2D eigenvalue weighted by atomic mass is 10.1. The Morgan fingerprint density at radius 1 is 1.69 bits per heavy atom. The van der Waals surface area contributed by atoms with Crippen molar-refractivity contribution in [3.8, 4) is 0 Å². The summed E-state index contributed by atoms with van der Waals surface area (Å²) in [4.78, 5) is 14.0. The van der Waals surface area contributed by atoms with E-state index in [1.165, 1.54) is 10.8 Å². The second-order valence-electron chi connectivity index (χ2n) is 3.45. The van der Waals surface area contributed by atoms with Gasteiger partial charge in [0.05, 0.1) is 7.05 Å². The van der Waals surface area contributed by atoms with Crippen molar-refractivity contribution in [2.45, 2.75) is 20.3 Å². The lowest BCUT2D eigenvalue weighted by molar-refractivity contribution is -0.391. The Hall–Kier alpha value is -1.39. The minimum atomic E-state index is -0.420. The minimum Gasteiger partial charge on any atom is -0.358 e. The van der Waals surface area contributed by atoms with Gasteiger partial charge in [-0.25, -0.2) is 9.55 Å². The SMILES string of the molecule is CC(C)Cc1ncc([N+](=O)[O-])n1C. The van der Waals surface area contributed by atoms with Gasteiger partial charge >= 0.3 is 5.82 Å². The van der Waals surface area contributed by atoms with E-state index in [2.05, 4.69) is 18.8 Å². The summed E-state index contributed by atoms with van der Waals surface area (Å²) in [7, 11) is 1.67. The van der Waals surface area contributed by atoms with Crippen LogP contribution in [0.2, 0.25) is 0 Å². The molecule has 0 bridgehead atoms. The van der Waals surface area contributed by atoms with E-state index in [-0.39, 0.29) is 5.82 Å². The first-order chi connectivity index (χ1) is 6.02. The highest BCUT2D eigenvalue weighted by Crippen LogP contribution is 2.14. The first kappa shape index (κ1) is 9.70. The van der Waals surface area contributed by atoms with E-state index in [0.717, 1.165) is 12.2 Å². The van der Waals surface area contributed by atoms with Crippen molar-refractivity contribution in [2.75, 3.05) is 0 Å². The molecule has 0 atom stereocenters. The molecule has 5 heteroatoms. The fraction of sp³-hybridized carbons (Fsp3) is 0.625. The molecule has 0 amide bonds. The third kappa shape index (κ3) is 2.05. The summed E-state index contributed by atoms with van der Waals surface area (Å²) in [5.74, 6) is 1.28. The molecular formula is C8H13N3O2. The van der Waals surface area contributed by atoms with Gasteiger partial charge in [0, 0.05) is 6.42 Å². The van der Waals surface area contributed by atoms with Crippen LogP contribution in [0.15, 0.2) is 6.20 Å². The molecule has 1 heterocycles. The summed E-state index contributed by atoms with van der Waals surface area (Å²) in [6, 6.07) is 0. The lowest BCUT2D eigenvalue weighted by Crippen LogP contribution is -2.05. The van der Waals surface area contributed by atoms with Crippen molar-refractivity contribution in [3.05, 3.63) is 22.1 Å². The zero-order chi connectivity index (χ0) is 10.0. The molecule has 1 aromatic heterocycles. The Kier molecular flexibility index (Phi) is 2.65. The molecule has 0 fully saturated rings. The Balaban J connectivity index is 2.93. The maximum atomic E-state index is 10.5. The monoisotopic (exact) mass is 183 g/mol. The third-order valence-corrected chi connectivity index (χ3v) is 1.84. The summed E-state index contributed by atoms with van der Waals surface area (Å²) in [6.07, 6.45) is 2.07. The molecule has 0 N–H and O–H groups in total. The van der Waals surface area contributed by atoms with Gasteiger partial charge in [-0.3, -0.25) is 0 Å². The number of imidazole rings is 1. The molecule has 1 rings (SSSR count). The van der Waals surface area contributed by atoms with Gasteiger partial charge in [0.1, 0.15) is 6.20 Å². The number of hydrogen-bond donors (Lipinski definition) is 0. The van der Waals surface area contributed by atoms with Crippen LogP contribution in [0.25, 0.3) is 0 Å². The van der Waals surface area contributed by atoms with Crippen molar-refractivity contribution in [1.82, 2.24) is 9.55 Å². The van der Waals surface area contributed by atoms with Crippen molar-refractivity contribution < 1.29 is 4.92 Å². The van der Waals surface area contributed by atoms with Crippen molar-refractivity contribution in [2.24, 2.45) is 13.0 Å². The lowest BCUT2D eigenvalue weighted by Gasteiger charge is -2.00. The van der Waals surface area contributed by atoms with Crippen LogP contribution in [0.1, 0.15) is 19.7 Å². The second kappa shape index (κ2) is 3.55. The summed E-state index contributed by atoms with van der Waals surface area (Å²) in [5.41, 5.74) is 0. The summed E-state index contributed by atoms with van der Waals surface area (Å²) in [6.45, 7) is 4.11. The summed E-state index contributed by atoms with van der Waals surface area (Å²) >= 11 is 0. The highest BCUT2D eigenvalue weighted by atomic mass is 16.6. The van der Waals surface area contributed by atoms with E-state index in [4.69, 9.17) is 0 Å². The average Bonchev–Trinajstić information content (AvgIpc) is 2.32. The molecule has 5 nitrogen and oxygen atoms in total. The largest absolute Gasteiger partial charge is 0.358 e. The highest BCUT2D eigenvalue weighted by molar-refractivity contribution is 5.18. The Labute approximate surface area is 76.5 Å². The van der Waals surface area contributed by atoms with Gasteiger partial charge in [0.15, 0.2) is 5.82 Å². The number of aromatic nitrogens is 2. The van der Waals surface area contributed by atoms with E-state index >= 15 is 0 Å². The molecule has 0 saturated heterocycles. The molecule has 13 heavy (non-hydrogen) atoms. The maximum Gasteiger partial charge on any atom is 0.342 e. The van der Waals surface area contributed by atoms with Crippen LogP contribution in [-0.2, 0) is 13.5 Å². The molecule has 1 aromatic rings. The molecule has 0 aliphatic rings. The zero-order valence-electron chi connectivity index (χ0n) is 8.02. The second-order valence-corrected chi connectivity index (χ2v) is 3.45. The molecule has 0 aliphatic carbocycles. The van der Waals surface area contributed by atoms with E-state index in [1.54, 1.807) is 7.05 Å². The molecule has 72 valence electrons. The highest BCUT2D eigenvalue weighted by Gasteiger charge is 2.16. The van der Waals surface area contributed by atoms with Gasteiger partial charge in [-0.2, -0.15) is 0 Å². The van der Waals surface area contributed by atoms with Crippen LogP contribution in [0.5, 0.6) is 0 Å². The average molecular weight is 183 g/mol. The molecule has 0 aliphatic heterocycles. The van der Waals surface area contributed by atoms with E-state index in [1.807, 2.05) is 0 Å². The Morgan fingerprint density at radius 3 is 2.69 bits per heavy atom. The number of rotatable bonds is 3. The van der Waals surface area contributed by atoms with Crippen molar-refractivity contribution in [1.29, 1.82) is 0 Å². The zero-order valence-corrected chi connectivity index (χ0v) is 8.02. The fourth-order valence-electron chi connectivity index (χ4n) is 1.16. The number of nitro groups is 1. The van der Waals surface area contributed by atoms with Crippen molar-refractivity contribution in [3.63, 3.8) is 0 Å². The minimum absolute atomic E-state index is 0.0515. The Bertz CT molecular complexity index is 317. The van der Waals surface area contributed by atoms with Crippen LogP contribution < -0.4 is 0 Å².